The number of phenols is 2. The maximum atomic E-state index is 10.2. The Bertz CT molecular complexity index is 971. The summed E-state index contributed by atoms with van der Waals surface area (Å²) in [5.41, 5.74) is 0. The smallest absolute Gasteiger partial charge is 0.124 e. The fourth-order valence-corrected chi connectivity index (χ4v) is 2.97. The summed E-state index contributed by atoms with van der Waals surface area (Å²) in [7, 11) is 0. The summed E-state index contributed by atoms with van der Waals surface area (Å²) in [6, 6.07) is 18.9. The molecular weight excluding hydrogens is 248 g/mol. The van der Waals surface area contributed by atoms with E-state index in [1.807, 2.05) is 42.5 Å². The number of hydrogen-bond acceptors (Lipinski definition) is 2. The lowest BCUT2D eigenvalue weighted by atomic mass is 9.94. The quantitative estimate of drug-likeness (QED) is 0.455. The largest absolute Gasteiger partial charge is 0.508 e. The molecule has 2 nitrogen and oxygen atoms in total. The Labute approximate surface area is 115 Å². The molecule has 4 aromatic carbocycles. The van der Waals surface area contributed by atoms with Crippen molar-refractivity contribution in [2.75, 3.05) is 0 Å². The molecule has 0 heterocycles. The number of hydrogen-bond donors (Lipinski definition) is 2. The maximum absolute atomic E-state index is 10.2. The van der Waals surface area contributed by atoms with Crippen LogP contribution in [-0.2, 0) is 0 Å². The van der Waals surface area contributed by atoms with E-state index in [2.05, 4.69) is 0 Å². The van der Waals surface area contributed by atoms with Crippen LogP contribution in [0.3, 0.4) is 0 Å². The second-order valence-corrected chi connectivity index (χ2v) is 4.98. The Balaban J connectivity index is 2.45. The van der Waals surface area contributed by atoms with Crippen LogP contribution in [0.4, 0.5) is 0 Å². The van der Waals surface area contributed by atoms with Crippen LogP contribution in [0.25, 0.3) is 32.3 Å². The molecule has 0 fully saturated rings. The van der Waals surface area contributed by atoms with Gasteiger partial charge in [-0.25, -0.2) is 0 Å². The molecule has 0 atom stereocenters. The molecule has 0 spiro atoms. The van der Waals surface area contributed by atoms with E-state index in [0.29, 0.717) is 0 Å². The molecule has 0 saturated carbocycles. The minimum Gasteiger partial charge on any atom is -0.508 e. The van der Waals surface area contributed by atoms with E-state index < -0.39 is 0 Å². The third-order valence-electron chi connectivity index (χ3n) is 3.82. The standard InChI is InChI=1S/C18H12O2/c19-11-8-9-13-12-4-1-2-5-14(12)18-15(16(13)10-11)6-3-7-17(18)20/h1-10,19-20H. The zero-order chi connectivity index (χ0) is 13.7. The van der Waals surface area contributed by atoms with Crippen molar-refractivity contribution in [3.05, 3.63) is 60.7 Å². The molecule has 0 aliphatic carbocycles. The van der Waals surface area contributed by atoms with E-state index in [9.17, 15) is 10.2 Å². The highest BCUT2D eigenvalue weighted by Crippen LogP contribution is 2.39. The van der Waals surface area contributed by atoms with Crippen molar-refractivity contribution in [2.24, 2.45) is 0 Å². The first-order valence-electron chi connectivity index (χ1n) is 6.51. The molecule has 0 aromatic heterocycles. The summed E-state index contributed by atoms with van der Waals surface area (Å²) in [5, 5.41) is 25.9. The third-order valence-corrected chi connectivity index (χ3v) is 3.82. The summed E-state index contributed by atoms with van der Waals surface area (Å²) in [4.78, 5) is 0. The Morgan fingerprint density at radius 1 is 0.550 bits per heavy atom. The van der Waals surface area contributed by atoms with Crippen molar-refractivity contribution in [2.45, 2.75) is 0 Å². The van der Waals surface area contributed by atoms with Crippen molar-refractivity contribution in [1.82, 2.24) is 0 Å². The molecule has 0 amide bonds. The fraction of sp³-hybridized carbons (Fsp3) is 0. The Hall–Kier alpha value is -2.74. The van der Waals surface area contributed by atoms with Gasteiger partial charge >= 0.3 is 0 Å². The minimum absolute atomic E-state index is 0.234. The summed E-state index contributed by atoms with van der Waals surface area (Å²) in [5.74, 6) is 0.501. The second kappa shape index (κ2) is 3.87. The molecule has 0 aliphatic rings. The Kier molecular flexibility index (Phi) is 2.15. The van der Waals surface area contributed by atoms with Gasteiger partial charge in [0.2, 0.25) is 0 Å². The van der Waals surface area contributed by atoms with Crippen LogP contribution in [0.2, 0.25) is 0 Å². The maximum Gasteiger partial charge on any atom is 0.124 e. The number of fused-ring (bicyclic) bond motifs is 6. The normalized spacial score (nSPS) is 11.4. The molecule has 4 rings (SSSR count). The molecule has 20 heavy (non-hydrogen) atoms. The van der Waals surface area contributed by atoms with Crippen molar-refractivity contribution in [3.63, 3.8) is 0 Å². The van der Waals surface area contributed by atoms with Gasteiger partial charge in [-0.05, 0) is 45.1 Å². The highest BCUT2D eigenvalue weighted by atomic mass is 16.3. The predicted molar refractivity (Wildman–Crippen MR) is 82.3 cm³/mol. The van der Waals surface area contributed by atoms with Crippen LogP contribution >= 0.6 is 0 Å². The van der Waals surface area contributed by atoms with Gasteiger partial charge in [-0.2, -0.15) is 0 Å². The SMILES string of the molecule is Oc1ccc2c3ccccc3c3c(O)cccc3c2c1. The van der Waals surface area contributed by atoms with Gasteiger partial charge < -0.3 is 10.2 Å². The zero-order valence-corrected chi connectivity index (χ0v) is 10.7. The van der Waals surface area contributed by atoms with Crippen LogP contribution in [0, 0.1) is 0 Å². The van der Waals surface area contributed by atoms with Gasteiger partial charge in [-0.1, -0.05) is 42.5 Å². The Morgan fingerprint density at radius 3 is 2.05 bits per heavy atom. The second-order valence-electron chi connectivity index (χ2n) is 4.98. The lowest BCUT2D eigenvalue weighted by molar-refractivity contribution is 0.476. The van der Waals surface area contributed by atoms with Gasteiger partial charge in [0, 0.05) is 5.39 Å². The average Bonchev–Trinajstić information content (AvgIpc) is 2.47. The fourth-order valence-electron chi connectivity index (χ4n) is 2.97. The van der Waals surface area contributed by atoms with E-state index in [1.165, 1.54) is 0 Å². The van der Waals surface area contributed by atoms with Gasteiger partial charge in [0.25, 0.3) is 0 Å². The molecule has 2 heteroatoms. The lowest BCUT2D eigenvalue weighted by Crippen LogP contribution is -1.83. The predicted octanol–water partition coefficient (Wildman–Crippen LogP) is 4.56. The van der Waals surface area contributed by atoms with Crippen molar-refractivity contribution in [3.8, 4) is 11.5 Å². The Morgan fingerprint density at radius 2 is 1.20 bits per heavy atom. The minimum atomic E-state index is 0.234. The summed E-state index contributed by atoms with van der Waals surface area (Å²) >= 11 is 0. The molecule has 0 bridgehead atoms. The van der Waals surface area contributed by atoms with Gasteiger partial charge in [-0.3, -0.25) is 0 Å². The van der Waals surface area contributed by atoms with Crippen molar-refractivity contribution in [1.29, 1.82) is 0 Å². The lowest BCUT2D eigenvalue weighted by Gasteiger charge is -2.11. The van der Waals surface area contributed by atoms with Crippen LogP contribution in [-0.4, -0.2) is 10.2 Å². The first-order valence-corrected chi connectivity index (χ1v) is 6.51. The molecular formula is C18H12O2. The highest BCUT2D eigenvalue weighted by molar-refractivity contribution is 6.26. The van der Waals surface area contributed by atoms with Gasteiger partial charge in [0.15, 0.2) is 0 Å². The zero-order valence-electron chi connectivity index (χ0n) is 10.7. The van der Waals surface area contributed by atoms with E-state index in [-0.39, 0.29) is 11.5 Å². The summed E-state index contributed by atoms with van der Waals surface area (Å²) < 4.78 is 0. The van der Waals surface area contributed by atoms with Crippen LogP contribution < -0.4 is 0 Å². The van der Waals surface area contributed by atoms with Crippen LogP contribution in [0.1, 0.15) is 0 Å². The number of aromatic hydroxyl groups is 2. The molecule has 96 valence electrons. The van der Waals surface area contributed by atoms with E-state index in [0.717, 1.165) is 32.3 Å². The molecule has 2 N–H and O–H groups in total. The summed E-state index contributed by atoms with van der Waals surface area (Å²) in [6.45, 7) is 0. The summed E-state index contributed by atoms with van der Waals surface area (Å²) in [6.07, 6.45) is 0. The third kappa shape index (κ3) is 1.39. The molecule has 0 saturated heterocycles. The topological polar surface area (TPSA) is 40.5 Å². The molecule has 0 radical (unpaired) electrons. The van der Waals surface area contributed by atoms with Crippen molar-refractivity contribution >= 4 is 32.3 Å². The van der Waals surface area contributed by atoms with Crippen molar-refractivity contribution < 1.29 is 10.2 Å². The first kappa shape index (κ1) is 11.1. The van der Waals surface area contributed by atoms with Gasteiger partial charge in [0.05, 0.1) is 0 Å². The molecule has 0 unspecified atom stereocenters. The number of phenolic OH excluding ortho intramolecular Hbond substituents is 2. The molecule has 0 aliphatic heterocycles. The van der Waals surface area contributed by atoms with Gasteiger partial charge in [0.1, 0.15) is 11.5 Å². The first-order chi connectivity index (χ1) is 9.75. The number of benzene rings is 4. The van der Waals surface area contributed by atoms with E-state index >= 15 is 0 Å². The van der Waals surface area contributed by atoms with E-state index in [1.54, 1.807) is 18.2 Å². The average molecular weight is 260 g/mol. The monoisotopic (exact) mass is 260 g/mol. The van der Waals surface area contributed by atoms with E-state index in [4.69, 9.17) is 0 Å². The molecule has 4 aromatic rings. The van der Waals surface area contributed by atoms with Crippen LogP contribution in [0.5, 0.6) is 11.5 Å². The van der Waals surface area contributed by atoms with Crippen LogP contribution in [0.15, 0.2) is 60.7 Å². The highest BCUT2D eigenvalue weighted by Gasteiger charge is 2.11. The number of rotatable bonds is 0. The van der Waals surface area contributed by atoms with Gasteiger partial charge in [-0.15, -0.1) is 0 Å².